The fourth-order valence-electron chi connectivity index (χ4n) is 3.18. The van der Waals surface area contributed by atoms with Gasteiger partial charge in [-0.05, 0) is 43.2 Å². The molecule has 0 atom stereocenters. The molecule has 0 aliphatic carbocycles. The minimum Gasteiger partial charge on any atom is -0.352 e. The lowest BCUT2D eigenvalue weighted by Crippen LogP contribution is -2.30. The summed E-state index contributed by atoms with van der Waals surface area (Å²) >= 11 is 0. The summed E-state index contributed by atoms with van der Waals surface area (Å²) in [4.78, 5) is 16.6. The molecule has 0 bridgehead atoms. The second-order valence-corrected chi connectivity index (χ2v) is 9.29. The van der Waals surface area contributed by atoms with Gasteiger partial charge in [0.25, 0.3) is 5.91 Å². The van der Waals surface area contributed by atoms with Crippen molar-refractivity contribution in [3.63, 3.8) is 0 Å². The topological polar surface area (TPSA) is 84.3 Å². The van der Waals surface area contributed by atoms with Crippen molar-refractivity contribution >= 4 is 15.9 Å². The number of benzene rings is 2. The first-order chi connectivity index (χ1) is 14.9. The lowest BCUT2D eigenvalue weighted by molar-refractivity contribution is 0.0952. The van der Waals surface area contributed by atoms with Gasteiger partial charge >= 0.3 is 0 Å². The van der Waals surface area contributed by atoms with E-state index >= 15 is 0 Å². The van der Waals surface area contributed by atoms with E-state index in [-0.39, 0.29) is 17.3 Å². The van der Waals surface area contributed by atoms with E-state index in [0.29, 0.717) is 18.7 Å². The molecular formula is C23H28N4O3S. The summed E-state index contributed by atoms with van der Waals surface area (Å²) in [6.45, 7) is 5.70. The molecule has 1 heterocycles. The molecule has 0 saturated carbocycles. The van der Waals surface area contributed by atoms with E-state index in [2.05, 4.69) is 10.3 Å². The minimum atomic E-state index is -3.58. The van der Waals surface area contributed by atoms with Gasteiger partial charge in [0.1, 0.15) is 0 Å². The fourth-order valence-corrected chi connectivity index (χ4v) is 4.61. The summed E-state index contributed by atoms with van der Waals surface area (Å²) in [5.74, 6) is -0.142. The van der Waals surface area contributed by atoms with Gasteiger partial charge in [-0.1, -0.05) is 36.8 Å². The summed E-state index contributed by atoms with van der Waals surface area (Å²) < 4.78 is 29.3. The van der Waals surface area contributed by atoms with Crippen molar-refractivity contribution in [3.05, 3.63) is 83.9 Å². The number of hydrogen-bond acceptors (Lipinski definition) is 4. The molecule has 31 heavy (non-hydrogen) atoms. The van der Waals surface area contributed by atoms with Crippen LogP contribution in [0, 0.1) is 6.92 Å². The minimum absolute atomic E-state index is 0.142. The van der Waals surface area contributed by atoms with Crippen LogP contribution >= 0.6 is 0 Å². The van der Waals surface area contributed by atoms with Gasteiger partial charge in [0.15, 0.2) is 0 Å². The van der Waals surface area contributed by atoms with Crippen molar-refractivity contribution in [2.45, 2.75) is 38.3 Å². The average molecular weight is 441 g/mol. The third-order valence-electron chi connectivity index (χ3n) is 5.02. The highest BCUT2D eigenvalue weighted by molar-refractivity contribution is 7.89. The Labute approximate surface area is 183 Å². The van der Waals surface area contributed by atoms with Gasteiger partial charge in [-0.3, -0.25) is 4.79 Å². The molecule has 0 unspecified atom stereocenters. The molecule has 7 nitrogen and oxygen atoms in total. The Balaban J connectivity index is 1.57. The molecule has 1 N–H and O–H groups in total. The smallest absolute Gasteiger partial charge is 0.251 e. The zero-order chi connectivity index (χ0) is 22.3. The maximum absolute atomic E-state index is 12.9. The second kappa shape index (κ2) is 10.4. The predicted octanol–water partition coefficient (Wildman–Crippen LogP) is 3.22. The molecular weight excluding hydrogens is 412 g/mol. The molecule has 0 aliphatic rings. The number of aryl methyl sites for hydroxylation is 2. The summed E-state index contributed by atoms with van der Waals surface area (Å²) in [6.07, 6.45) is 6.17. The number of nitrogens with zero attached hydrogens (tertiary/aromatic N) is 3. The monoisotopic (exact) mass is 440 g/mol. The van der Waals surface area contributed by atoms with Gasteiger partial charge in [-0.2, -0.15) is 4.31 Å². The van der Waals surface area contributed by atoms with E-state index in [1.54, 1.807) is 61.1 Å². The number of nitrogens with one attached hydrogen (secondary N) is 1. The predicted molar refractivity (Wildman–Crippen MR) is 120 cm³/mol. The second-order valence-electron chi connectivity index (χ2n) is 7.35. The van der Waals surface area contributed by atoms with Crippen molar-refractivity contribution in [1.29, 1.82) is 0 Å². The number of aromatic nitrogens is 2. The van der Waals surface area contributed by atoms with Crippen LogP contribution < -0.4 is 5.32 Å². The third kappa shape index (κ3) is 6.02. The Morgan fingerprint density at radius 2 is 1.81 bits per heavy atom. The standard InChI is InChI=1S/C23H28N4O3S/c1-3-27(31(29,30)22-11-5-19(2)6-12-22)17-20-7-9-21(10-8-20)23(28)25-13-4-15-26-16-14-24-18-26/h5-12,14,16,18H,3-4,13,15,17H2,1-2H3,(H,25,28). The van der Waals surface area contributed by atoms with E-state index in [4.69, 9.17) is 0 Å². The number of hydrogen-bond donors (Lipinski definition) is 1. The van der Waals surface area contributed by atoms with Gasteiger partial charge in [0.2, 0.25) is 10.0 Å². The van der Waals surface area contributed by atoms with Crippen LogP contribution in [0.25, 0.3) is 0 Å². The largest absolute Gasteiger partial charge is 0.352 e. The number of carbonyl (C=O) groups excluding carboxylic acids is 1. The Bertz CT molecular complexity index is 1080. The SMILES string of the molecule is CCN(Cc1ccc(C(=O)NCCCn2ccnc2)cc1)S(=O)(=O)c1ccc(C)cc1. The molecule has 1 amide bonds. The van der Waals surface area contributed by atoms with Gasteiger partial charge in [0.05, 0.1) is 11.2 Å². The zero-order valence-electron chi connectivity index (χ0n) is 17.9. The van der Waals surface area contributed by atoms with E-state index in [0.717, 1.165) is 24.1 Å². The van der Waals surface area contributed by atoms with Crippen molar-refractivity contribution < 1.29 is 13.2 Å². The lowest BCUT2D eigenvalue weighted by Gasteiger charge is -2.21. The van der Waals surface area contributed by atoms with Crippen LogP contribution in [0.2, 0.25) is 0 Å². The molecule has 2 aromatic carbocycles. The van der Waals surface area contributed by atoms with E-state index in [1.165, 1.54) is 4.31 Å². The average Bonchev–Trinajstić information content (AvgIpc) is 3.29. The third-order valence-corrected chi connectivity index (χ3v) is 6.96. The Kier molecular flexibility index (Phi) is 7.59. The highest BCUT2D eigenvalue weighted by atomic mass is 32.2. The molecule has 0 radical (unpaired) electrons. The summed E-state index contributed by atoms with van der Waals surface area (Å²) in [5.41, 5.74) is 2.39. The van der Waals surface area contributed by atoms with Gasteiger partial charge in [-0.25, -0.2) is 13.4 Å². The molecule has 3 aromatic rings. The maximum Gasteiger partial charge on any atom is 0.251 e. The Morgan fingerprint density at radius 3 is 2.42 bits per heavy atom. The van der Waals surface area contributed by atoms with Gasteiger partial charge in [-0.15, -0.1) is 0 Å². The van der Waals surface area contributed by atoms with Crippen molar-refractivity contribution in [3.8, 4) is 0 Å². The number of rotatable bonds is 10. The van der Waals surface area contributed by atoms with Gasteiger partial charge in [0, 0.05) is 44.1 Å². The number of amides is 1. The molecule has 8 heteroatoms. The number of imidazole rings is 1. The molecule has 1 aromatic heterocycles. The summed E-state index contributed by atoms with van der Waals surface area (Å²) in [5, 5.41) is 2.90. The van der Waals surface area contributed by atoms with E-state index < -0.39 is 10.0 Å². The molecule has 0 saturated heterocycles. The van der Waals surface area contributed by atoms with E-state index in [1.807, 2.05) is 24.6 Å². The first-order valence-electron chi connectivity index (χ1n) is 10.3. The van der Waals surface area contributed by atoms with Crippen molar-refractivity contribution in [2.75, 3.05) is 13.1 Å². The normalized spacial score (nSPS) is 11.6. The summed E-state index contributed by atoms with van der Waals surface area (Å²) in [7, 11) is -3.58. The van der Waals surface area contributed by atoms with Crippen LogP contribution in [0.3, 0.4) is 0 Å². The first-order valence-corrected chi connectivity index (χ1v) is 11.7. The Morgan fingerprint density at radius 1 is 1.10 bits per heavy atom. The molecule has 3 rings (SSSR count). The Hall–Kier alpha value is -2.97. The summed E-state index contributed by atoms with van der Waals surface area (Å²) in [6, 6.07) is 13.9. The maximum atomic E-state index is 12.9. The fraction of sp³-hybridized carbons (Fsp3) is 0.304. The van der Waals surface area contributed by atoms with Gasteiger partial charge < -0.3 is 9.88 Å². The van der Waals surface area contributed by atoms with Crippen LogP contribution in [0.4, 0.5) is 0 Å². The van der Waals surface area contributed by atoms with Crippen LogP contribution in [0.15, 0.2) is 72.1 Å². The van der Waals surface area contributed by atoms with Crippen LogP contribution in [-0.4, -0.2) is 41.3 Å². The van der Waals surface area contributed by atoms with E-state index in [9.17, 15) is 13.2 Å². The van der Waals surface area contributed by atoms with Crippen molar-refractivity contribution in [2.24, 2.45) is 0 Å². The highest BCUT2D eigenvalue weighted by Crippen LogP contribution is 2.19. The van der Waals surface area contributed by atoms with Crippen molar-refractivity contribution in [1.82, 2.24) is 19.2 Å². The highest BCUT2D eigenvalue weighted by Gasteiger charge is 2.23. The number of sulfonamides is 1. The van der Waals surface area contributed by atoms with Crippen LogP contribution in [-0.2, 0) is 23.1 Å². The zero-order valence-corrected chi connectivity index (χ0v) is 18.7. The lowest BCUT2D eigenvalue weighted by atomic mass is 10.1. The molecule has 164 valence electrons. The quantitative estimate of drug-likeness (QED) is 0.491. The molecule has 0 aliphatic heterocycles. The number of carbonyl (C=O) groups is 1. The molecule has 0 spiro atoms. The van der Waals surface area contributed by atoms with Crippen LogP contribution in [0.1, 0.15) is 34.8 Å². The molecule has 0 fully saturated rings. The van der Waals surface area contributed by atoms with Crippen LogP contribution in [0.5, 0.6) is 0 Å². The first kappa shape index (κ1) is 22.7.